The molecule has 6 heteroatoms. The zero-order valence-corrected chi connectivity index (χ0v) is 14.7. The molecule has 134 valence electrons. The first kappa shape index (κ1) is 17.7. The maximum Gasteiger partial charge on any atom is 0.257 e. The summed E-state index contributed by atoms with van der Waals surface area (Å²) >= 11 is 0. The van der Waals surface area contributed by atoms with E-state index in [0.29, 0.717) is 29.9 Å². The first-order chi connectivity index (χ1) is 12.6. The number of H-pyrrole nitrogens is 1. The molecular weight excluding hydrogens is 333 g/mol. The summed E-state index contributed by atoms with van der Waals surface area (Å²) in [5.74, 6) is 0.194. The van der Waals surface area contributed by atoms with Crippen LogP contribution in [0.4, 0.5) is 4.39 Å². The second kappa shape index (κ2) is 7.82. The van der Waals surface area contributed by atoms with Gasteiger partial charge in [0, 0.05) is 24.2 Å². The molecule has 0 fully saturated rings. The highest BCUT2D eigenvalue weighted by atomic mass is 19.1. The Morgan fingerprint density at radius 2 is 2.04 bits per heavy atom. The predicted octanol–water partition coefficient (Wildman–Crippen LogP) is 3.89. The molecule has 0 bridgehead atoms. The quantitative estimate of drug-likeness (QED) is 0.731. The number of ether oxygens (including phenoxy) is 1. The van der Waals surface area contributed by atoms with Crippen molar-refractivity contribution in [1.29, 1.82) is 0 Å². The molecule has 2 aromatic carbocycles. The van der Waals surface area contributed by atoms with Gasteiger partial charge in [-0.2, -0.15) is 5.10 Å². The molecule has 1 amide bonds. The van der Waals surface area contributed by atoms with Gasteiger partial charge in [0.05, 0.1) is 24.6 Å². The number of rotatable bonds is 6. The van der Waals surface area contributed by atoms with Crippen LogP contribution in [0.15, 0.2) is 54.7 Å². The normalized spacial score (nSPS) is 10.6. The summed E-state index contributed by atoms with van der Waals surface area (Å²) in [4.78, 5) is 14.8. The molecule has 0 aliphatic heterocycles. The number of aromatic nitrogens is 2. The fourth-order valence-corrected chi connectivity index (χ4v) is 2.85. The third-order valence-electron chi connectivity index (χ3n) is 4.21. The van der Waals surface area contributed by atoms with E-state index in [4.69, 9.17) is 4.74 Å². The van der Waals surface area contributed by atoms with Crippen LogP contribution < -0.4 is 4.74 Å². The molecule has 1 heterocycles. The maximum absolute atomic E-state index is 13.5. The summed E-state index contributed by atoms with van der Waals surface area (Å²) in [6.07, 6.45) is 1.48. The fourth-order valence-electron chi connectivity index (χ4n) is 2.85. The molecule has 0 aliphatic carbocycles. The van der Waals surface area contributed by atoms with E-state index in [2.05, 4.69) is 10.2 Å². The monoisotopic (exact) mass is 353 g/mol. The lowest BCUT2D eigenvalue weighted by Crippen LogP contribution is -2.30. The Kier molecular flexibility index (Phi) is 5.31. The van der Waals surface area contributed by atoms with Crippen LogP contribution >= 0.6 is 0 Å². The van der Waals surface area contributed by atoms with Gasteiger partial charge in [0.25, 0.3) is 5.91 Å². The number of benzene rings is 2. The van der Waals surface area contributed by atoms with Crippen molar-refractivity contribution < 1.29 is 13.9 Å². The van der Waals surface area contributed by atoms with Crippen molar-refractivity contribution >= 4 is 5.91 Å². The molecule has 0 radical (unpaired) electrons. The van der Waals surface area contributed by atoms with Gasteiger partial charge in [0.15, 0.2) is 0 Å². The Bertz CT molecular complexity index is 907. The smallest absolute Gasteiger partial charge is 0.257 e. The van der Waals surface area contributed by atoms with Gasteiger partial charge in [-0.3, -0.25) is 9.89 Å². The maximum atomic E-state index is 13.5. The van der Waals surface area contributed by atoms with Crippen LogP contribution in [-0.4, -0.2) is 34.7 Å². The summed E-state index contributed by atoms with van der Waals surface area (Å²) < 4.78 is 18.9. The molecule has 3 aromatic rings. The minimum Gasteiger partial charge on any atom is -0.496 e. The molecule has 0 atom stereocenters. The Labute approximate surface area is 151 Å². The lowest BCUT2D eigenvalue weighted by Gasteiger charge is -2.22. The Morgan fingerprint density at radius 1 is 1.23 bits per heavy atom. The SMILES string of the molecule is CCN(Cc1ccccc1OC)C(=O)c1cn[nH]c1-c1cccc(F)c1. The van der Waals surface area contributed by atoms with Crippen LogP contribution in [0.5, 0.6) is 5.75 Å². The standard InChI is InChI=1S/C20H20FN3O2/c1-3-24(13-15-7-4-5-10-18(15)26-2)20(25)17-12-22-23-19(17)14-8-6-9-16(21)11-14/h4-12H,3,13H2,1-2H3,(H,22,23). The molecule has 0 unspecified atom stereocenters. The molecule has 0 spiro atoms. The largest absolute Gasteiger partial charge is 0.496 e. The van der Waals surface area contributed by atoms with E-state index < -0.39 is 0 Å². The molecule has 5 nitrogen and oxygen atoms in total. The number of para-hydroxylation sites is 1. The first-order valence-corrected chi connectivity index (χ1v) is 8.34. The van der Waals surface area contributed by atoms with Gasteiger partial charge in [-0.15, -0.1) is 0 Å². The van der Waals surface area contributed by atoms with E-state index in [1.165, 1.54) is 18.3 Å². The van der Waals surface area contributed by atoms with Gasteiger partial charge < -0.3 is 9.64 Å². The van der Waals surface area contributed by atoms with Crippen molar-refractivity contribution in [3.05, 3.63) is 71.7 Å². The van der Waals surface area contributed by atoms with Gasteiger partial charge in [0.1, 0.15) is 11.6 Å². The number of halogens is 1. The molecule has 3 rings (SSSR count). The second-order valence-electron chi connectivity index (χ2n) is 5.80. The van der Waals surface area contributed by atoms with Crippen LogP contribution in [0.2, 0.25) is 0 Å². The number of carbonyl (C=O) groups excluding carboxylic acids is 1. The summed E-state index contributed by atoms with van der Waals surface area (Å²) in [5, 5.41) is 6.79. The number of hydrogen-bond donors (Lipinski definition) is 1. The minimum atomic E-state index is -0.364. The number of methoxy groups -OCH3 is 1. The molecule has 0 saturated heterocycles. The summed E-state index contributed by atoms with van der Waals surface area (Å²) in [5.41, 5.74) is 2.42. The fraction of sp³-hybridized carbons (Fsp3) is 0.200. The number of aromatic amines is 1. The van der Waals surface area contributed by atoms with E-state index in [1.807, 2.05) is 31.2 Å². The van der Waals surface area contributed by atoms with Gasteiger partial charge >= 0.3 is 0 Å². The molecule has 0 aliphatic rings. The highest BCUT2D eigenvalue weighted by Crippen LogP contribution is 2.25. The van der Waals surface area contributed by atoms with Crippen LogP contribution in [0.1, 0.15) is 22.8 Å². The van der Waals surface area contributed by atoms with Gasteiger partial charge in [-0.25, -0.2) is 4.39 Å². The van der Waals surface area contributed by atoms with Crippen LogP contribution in [0.25, 0.3) is 11.3 Å². The van der Waals surface area contributed by atoms with Crippen molar-refractivity contribution in [3.63, 3.8) is 0 Å². The summed E-state index contributed by atoms with van der Waals surface area (Å²) in [6, 6.07) is 13.7. The molecule has 26 heavy (non-hydrogen) atoms. The zero-order valence-electron chi connectivity index (χ0n) is 14.7. The number of hydrogen-bond acceptors (Lipinski definition) is 3. The predicted molar refractivity (Wildman–Crippen MR) is 97.4 cm³/mol. The molecular formula is C20H20FN3O2. The van der Waals surface area contributed by atoms with Crippen molar-refractivity contribution in [3.8, 4) is 17.0 Å². The lowest BCUT2D eigenvalue weighted by atomic mass is 10.1. The van der Waals surface area contributed by atoms with Crippen LogP contribution in [0.3, 0.4) is 0 Å². The number of amides is 1. The number of nitrogens with zero attached hydrogens (tertiary/aromatic N) is 2. The van der Waals surface area contributed by atoms with Crippen molar-refractivity contribution in [2.75, 3.05) is 13.7 Å². The van der Waals surface area contributed by atoms with Crippen LogP contribution in [0, 0.1) is 5.82 Å². The van der Waals surface area contributed by atoms with Gasteiger partial charge in [0.2, 0.25) is 0 Å². The van der Waals surface area contributed by atoms with E-state index in [1.54, 1.807) is 24.1 Å². The third kappa shape index (κ3) is 3.59. The van der Waals surface area contributed by atoms with E-state index in [0.717, 1.165) is 11.3 Å². The minimum absolute atomic E-state index is 0.175. The number of nitrogens with one attached hydrogen (secondary N) is 1. The molecule has 1 N–H and O–H groups in total. The Hall–Kier alpha value is -3.15. The zero-order chi connectivity index (χ0) is 18.5. The van der Waals surface area contributed by atoms with E-state index in [9.17, 15) is 9.18 Å². The second-order valence-corrected chi connectivity index (χ2v) is 5.80. The van der Waals surface area contributed by atoms with E-state index >= 15 is 0 Å². The lowest BCUT2D eigenvalue weighted by molar-refractivity contribution is 0.0752. The van der Waals surface area contributed by atoms with Gasteiger partial charge in [-0.05, 0) is 25.1 Å². The summed E-state index contributed by atoms with van der Waals surface area (Å²) in [6.45, 7) is 2.84. The average molecular weight is 353 g/mol. The highest BCUT2D eigenvalue weighted by molar-refractivity contribution is 5.99. The molecule has 0 saturated carbocycles. The highest BCUT2D eigenvalue weighted by Gasteiger charge is 2.21. The Morgan fingerprint density at radius 3 is 2.77 bits per heavy atom. The van der Waals surface area contributed by atoms with Crippen molar-refractivity contribution in [1.82, 2.24) is 15.1 Å². The van der Waals surface area contributed by atoms with Crippen LogP contribution in [-0.2, 0) is 6.54 Å². The van der Waals surface area contributed by atoms with Gasteiger partial charge in [-0.1, -0.05) is 30.3 Å². The van der Waals surface area contributed by atoms with E-state index in [-0.39, 0.29) is 11.7 Å². The third-order valence-corrected chi connectivity index (χ3v) is 4.21. The summed E-state index contributed by atoms with van der Waals surface area (Å²) in [7, 11) is 1.61. The Balaban J connectivity index is 1.89. The average Bonchev–Trinajstić information content (AvgIpc) is 3.15. The topological polar surface area (TPSA) is 58.2 Å². The van der Waals surface area contributed by atoms with Crippen molar-refractivity contribution in [2.24, 2.45) is 0 Å². The van der Waals surface area contributed by atoms with Crippen molar-refractivity contribution in [2.45, 2.75) is 13.5 Å². The number of carbonyl (C=O) groups is 1. The molecule has 1 aromatic heterocycles. The first-order valence-electron chi connectivity index (χ1n) is 8.34.